The fourth-order valence-corrected chi connectivity index (χ4v) is 2.37. The van der Waals surface area contributed by atoms with E-state index in [1.165, 1.54) is 22.3 Å². The number of hydrogen-bond donors (Lipinski definition) is 1. The third-order valence-corrected chi connectivity index (χ3v) is 3.48. The summed E-state index contributed by atoms with van der Waals surface area (Å²) in [6.45, 7) is 7.89. The molecule has 0 aromatic carbocycles. The van der Waals surface area contributed by atoms with E-state index in [-0.39, 0.29) is 0 Å². The minimum Gasteiger partial charge on any atom is -0.399 e. The average molecular weight is 231 g/mol. The van der Waals surface area contributed by atoms with Crippen LogP contribution in [-0.2, 0) is 4.74 Å². The monoisotopic (exact) mass is 231 g/mol. The molecule has 2 nitrogen and oxygen atoms in total. The molecule has 0 spiro atoms. The molecule has 0 saturated carbocycles. The van der Waals surface area contributed by atoms with Gasteiger partial charge in [0.1, 0.15) is 0 Å². The van der Waals surface area contributed by atoms with Gasteiger partial charge in [-0.2, -0.15) is 0 Å². The first kappa shape index (κ1) is 12.2. The second-order valence-corrected chi connectivity index (χ2v) is 4.77. The Hall–Kier alpha value is -1.28. The maximum atomic E-state index is 6.08. The van der Waals surface area contributed by atoms with Crippen LogP contribution in [0.2, 0.25) is 0 Å². The molecule has 2 aliphatic rings. The summed E-state index contributed by atoms with van der Waals surface area (Å²) >= 11 is 0. The molecule has 17 heavy (non-hydrogen) atoms. The van der Waals surface area contributed by atoms with Crippen molar-refractivity contribution in [2.75, 3.05) is 13.2 Å². The van der Waals surface area contributed by atoms with Crippen molar-refractivity contribution in [1.29, 1.82) is 0 Å². The van der Waals surface area contributed by atoms with Crippen molar-refractivity contribution in [2.24, 2.45) is 5.73 Å². The molecule has 2 rings (SSSR count). The Labute approximate surface area is 104 Å². The van der Waals surface area contributed by atoms with E-state index >= 15 is 0 Å². The van der Waals surface area contributed by atoms with Gasteiger partial charge < -0.3 is 10.5 Å². The minimum atomic E-state index is 0.818. The highest BCUT2D eigenvalue weighted by molar-refractivity contribution is 5.47. The molecular formula is C15H21NO. The number of rotatable bonds is 1. The van der Waals surface area contributed by atoms with Crippen LogP contribution in [0.25, 0.3) is 0 Å². The van der Waals surface area contributed by atoms with Crippen molar-refractivity contribution in [2.45, 2.75) is 32.6 Å². The molecule has 1 heterocycles. The number of nitrogens with two attached hydrogens (primary N) is 1. The molecule has 0 unspecified atom stereocenters. The van der Waals surface area contributed by atoms with Gasteiger partial charge in [-0.3, -0.25) is 0 Å². The lowest BCUT2D eigenvalue weighted by Crippen LogP contribution is -2.03. The summed E-state index contributed by atoms with van der Waals surface area (Å²) in [7, 11) is 0. The second-order valence-electron chi connectivity index (χ2n) is 4.77. The van der Waals surface area contributed by atoms with E-state index in [9.17, 15) is 0 Å². The predicted molar refractivity (Wildman–Crippen MR) is 71.5 cm³/mol. The summed E-state index contributed by atoms with van der Waals surface area (Å²) in [5.41, 5.74) is 12.2. The Morgan fingerprint density at radius 3 is 2.94 bits per heavy atom. The van der Waals surface area contributed by atoms with Crippen molar-refractivity contribution in [1.82, 2.24) is 0 Å². The summed E-state index contributed by atoms with van der Waals surface area (Å²) in [5, 5.41) is 0. The van der Waals surface area contributed by atoms with Gasteiger partial charge in [0.2, 0.25) is 0 Å². The van der Waals surface area contributed by atoms with Crippen molar-refractivity contribution < 1.29 is 4.74 Å². The summed E-state index contributed by atoms with van der Waals surface area (Å²) in [6, 6.07) is 0. The lowest BCUT2D eigenvalue weighted by Gasteiger charge is -2.14. The Morgan fingerprint density at radius 2 is 2.12 bits per heavy atom. The van der Waals surface area contributed by atoms with Crippen LogP contribution in [0.4, 0.5) is 0 Å². The molecule has 1 aliphatic carbocycles. The fraction of sp³-hybridized carbons (Fsp3) is 0.467. The van der Waals surface area contributed by atoms with E-state index in [1.54, 1.807) is 0 Å². The Bertz CT molecular complexity index is 413. The molecule has 0 aromatic rings. The van der Waals surface area contributed by atoms with Gasteiger partial charge in [-0.25, -0.2) is 0 Å². The summed E-state index contributed by atoms with van der Waals surface area (Å²) < 4.78 is 5.49. The van der Waals surface area contributed by atoms with Crippen LogP contribution in [0.5, 0.6) is 0 Å². The molecule has 2 heteroatoms. The molecular weight excluding hydrogens is 210 g/mol. The molecule has 0 atom stereocenters. The van der Waals surface area contributed by atoms with Gasteiger partial charge >= 0.3 is 0 Å². The predicted octanol–water partition coefficient (Wildman–Crippen LogP) is 3.23. The van der Waals surface area contributed by atoms with E-state index in [0.717, 1.165) is 44.6 Å². The van der Waals surface area contributed by atoms with Crippen LogP contribution in [0.1, 0.15) is 32.6 Å². The SMILES string of the molecule is C=C1CC=C(N)C(C)=C(C2=CCCOCC2)C1. The van der Waals surface area contributed by atoms with E-state index in [4.69, 9.17) is 10.5 Å². The van der Waals surface area contributed by atoms with Gasteiger partial charge in [-0.15, -0.1) is 0 Å². The van der Waals surface area contributed by atoms with Crippen molar-refractivity contribution in [3.8, 4) is 0 Å². The first-order chi connectivity index (χ1) is 8.18. The Kier molecular flexibility index (Phi) is 3.85. The number of hydrogen-bond acceptors (Lipinski definition) is 2. The van der Waals surface area contributed by atoms with Crippen LogP contribution in [0.3, 0.4) is 0 Å². The molecule has 0 amide bonds. The zero-order chi connectivity index (χ0) is 12.3. The van der Waals surface area contributed by atoms with Gasteiger partial charge in [0, 0.05) is 5.70 Å². The third-order valence-electron chi connectivity index (χ3n) is 3.48. The van der Waals surface area contributed by atoms with E-state index in [2.05, 4.69) is 25.7 Å². The molecule has 0 radical (unpaired) electrons. The van der Waals surface area contributed by atoms with E-state index in [1.807, 2.05) is 0 Å². The van der Waals surface area contributed by atoms with Crippen molar-refractivity contribution >= 4 is 0 Å². The highest BCUT2D eigenvalue weighted by atomic mass is 16.5. The standard InChI is InChI=1S/C15H21NO/c1-11-5-6-15(16)12(2)14(10-11)13-4-3-8-17-9-7-13/h4,6H,1,3,5,7-10,16H2,2H3. The quantitative estimate of drug-likeness (QED) is 0.703. The zero-order valence-corrected chi connectivity index (χ0v) is 10.6. The first-order valence-electron chi connectivity index (χ1n) is 6.28. The lowest BCUT2D eigenvalue weighted by atomic mass is 9.92. The normalized spacial score (nSPS) is 22.8. The molecule has 92 valence electrons. The largest absolute Gasteiger partial charge is 0.399 e. The smallest absolute Gasteiger partial charge is 0.0506 e. The van der Waals surface area contributed by atoms with Gasteiger partial charge in [-0.05, 0) is 49.3 Å². The number of ether oxygens (including phenoxy) is 1. The fourth-order valence-electron chi connectivity index (χ4n) is 2.37. The van der Waals surface area contributed by atoms with Crippen LogP contribution < -0.4 is 5.73 Å². The number of allylic oxidation sites excluding steroid dienone is 4. The van der Waals surface area contributed by atoms with Gasteiger partial charge in [0.25, 0.3) is 0 Å². The Morgan fingerprint density at radius 1 is 1.29 bits per heavy atom. The van der Waals surface area contributed by atoms with E-state index in [0.29, 0.717) is 0 Å². The van der Waals surface area contributed by atoms with Gasteiger partial charge in [-0.1, -0.05) is 24.3 Å². The molecule has 1 aliphatic heterocycles. The average Bonchev–Trinajstić information content (AvgIpc) is 2.65. The maximum absolute atomic E-state index is 6.08. The maximum Gasteiger partial charge on any atom is 0.0506 e. The molecule has 0 fully saturated rings. The molecule has 0 aromatic heterocycles. The summed E-state index contributed by atoms with van der Waals surface area (Å²) in [4.78, 5) is 0. The topological polar surface area (TPSA) is 35.2 Å². The first-order valence-corrected chi connectivity index (χ1v) is 6.28. The molecule has 0 saturated heterocycles. The van der Waals surface area contributed by atoms with Gasteiger partial charge in [0.05, 0.1) is 13.2 Å². The van der Waals surface area contributed by atoms with Crippen LogP contribution in [0, 0.1) is 0 Å². The highest BCUT2D eigenvalue weighted by Gasteiger charge is 2.15. The van der Waals surface area contributed by atoms with Crippen LogP contribution in [-0.4, -0.2) is 13.2 Å². The molecule has 0 bridgehead atoms. The third kappa shape index (κ3) is 2.89. The van der Waals surface area contributed by atoms with Crippen molar-refractivity contribution in [3.05, 3.63) is 46.7 Å². The van der Waals surface area contributed by atoms with Crippen molar-refractivity contribution in [3.63, 3.8) is 0 Å². The van der Waals surface area contributed by atoms with E-state index < -0.39 is 0 Å². The summed E-state index contributed by atoms with van der Waals surface area (Å²) in [5.74, 6) is 0. The van der Waals surface area contributed by atoms with Crippen LogP contribution >= 0.6 is 0 Å². The van der Waals surface area contributed by atoms with Gasteiger partial charge in [0.15, 0.2) is 0 Å². The lowest BCUT2D eigenvalue weighted by molar-refractivity contribution is 0.147. The van der Waals surface area contributed by atoms with Crippen LogP contribution in [0.15, 0.2) is 46.7 Å². The summed E-state index contributed by atoms with van der Waals surface area (Å²) in [6.07, 6.45) is 8.23. The second kappa shape index (κ2) is 5.37. The zero-order valence-electron chi connectivity index (χ0n) is 10.6. The minimum absolute atomic E-state index is 0.818. The Balaban J connectivity index is 2.33. The molecule has 2 N–H and O–H groups in total. The highest BCUT2D eigenvalue weighted by Crippen LogP contribution is 2.31.